The van der Waals surface area contributed by atoms with Gasteiger partial charge in [-0.3, -0.25) is 4.79 Å². The minimum absolute atomic E-state index is 0.210. The molecule has 2 fully saturated rings. The van der Waals surface area contributed by atoms with Crippen LogP contribution < -0.4 is 5.32 Å². The fourth-order valence-electron chi connectivity index (χ4n) is 3.21. The van der Waals surface area contributed by atoms with Gasteiger partial charge in [0, 0.05) is 25.4 Å². The number of hydrogen-bond donors (Lipinski definition) is 1. The van der Waals surface area contributed by atoms with Crippen molar-refractivity contribution >= 4 is 21.6 Å². The van der Waals surface area contributed by atoms with Crippen LogP contribution in [0.15, 0.2) is 23.1 Å². The molecule has 1 amide bonds. The molecule has 0 radical (unpaired) electrons. The lowest BCUT2D eigenvalue weighted by atomic mass is 10.2. The Kier molecular flexibility index (Phi) is 5.22. The molecule has 0 aliphatic carbocycles. The number of benzene rings is 1. The summed E-state index contributed by atoms with van der Waals surface area (Å²) >= 11 is 0. The Balaban J connectivity index is 1.81. The molecule has 2 saturated heterocycles. The van der Waals surface area contributed by atoms with Crippen LogP contribution in [-0.4, -0.2) is 44.4 Å². The molecule has 2 aliphatic heterocycles. The van der Waals surface area contributed by atoms with Crippen LogP contribution in [0.5, 0.6) is 0 Å². The number of anilines is 1. The van der Waals surface area contributed by atoms with Gasteiger partial charge in [-0.1, -0.05) is 12.5 Å². The molecule has 7 heteroatoms. The zero-order valence-electron chi connectivity index (χ0n) is 14.0. The van der Waals surface area contributed by atoms with Crippen LogP contribution >= 0.6 is 0 Å². The number of sulfonamides is 1. The van der Waals surface area contributed by atoms with E-state index in [0.29, 0.717) is 37.4 Å². The molecular weight excluding hydrogens is 328 g/mol. The normalized spacial score (nSPS) is 22.5. The third-order valence-corrected chi connectivity index (χ3v) is 6.65. The summed E-state index contributed by atoms with van der Waals surface area (Å²) < 4.78 is 32.7. The Morgan fingerprint density at radius 1 is 1.21 bits per heavy atom. The van der Waals surface area contributed by atoms with Gasteiger partial charge in [-0.15, -0.1) is 0 Å². The zero-order chi connectivity index (χ0) is 17.2. The van der Waals surface area contributed by atoms with E-state index in [0.717, 1.165) is 25.7 Å². The second kappa shape index (κ2) is 7.21. The van der Waals surface area contributed by atoms with Crippen LogP contribution in [-0.2, 0) is 19.6 Å². The average molecular weight is 352 g/mol. The number of hydrogen-bond acceptors (Lipinski definition) is 4. The first-order valence-corrected chi connectivity index (χ1v) is 9.96. The Morgan fingerprint density at radius 2 is 1.96 bits per heavy atom. The minimum Gasteiger partial charge on any atom is -0.368 e. The molecule has 132 valence electrons. The Morgan fingerprint density at radius 3 is 2.62 bits per heavy atom. The van der Waals surface area contributed by atoms with Gasteiger partial charge >= 0.3 is 0 Å². The predicted octanol–water partition coefficient (Wildman–Crippen LogP) is 2.29. The molecular formula is C17H24N2O4S. The van der Waals surface area contributed by atoms with Crippen molar-refractivity contribution in [3.05, 3.63) is 23.8 Å². The van der Waals surface area contributed by atoms with E-state index in [1.54, 1.807) is 29.4 Å². The standard InChI is InChI=1S/C17H24N2O4S/c1-13-7-8-14(18-17(20)15-6-5-11-23-15)12-16(13)24(21,22)19-9-3-2-4-10-19/h7-8,12,15H,2-6,9-11H2,1H3,(H,18,20)/t15-/m0/s1. The van der Waals surface area contributed by atoms with E-state index in [1.165, 1.54) is 0 Å². The highest BCUT2D eigenvalue weighted by atomic mass is 32.2. The first kappa shape index (κ1) is 17.4. The largest absolute Gasteiger partial charge is 0.368 e. The third-order valence-electron chi connectivity index (χ3n) is 4.61. The Labute approximate surface area is 143 Å². The molecule has 0 unspecified atom stereocenters. The number of nitrogens with one attached hydrogen (secondary N) is 1. The van der Waals surface area contributed by atoms with Crippen LogP contribution in [0.25, 0.3) is 0 Å². The predicted molar refractivity (Wildman–Crippen MR) is 91.4 cm³/mol. The number of rotatable bonds is 4. The number of nitrogens with zero attached hydrogens (tertiary/aromatic N) is 1. The summed E-state index contributed by atoms with van der Waals surface area (Å²) in [5.41, 5.74) is 1.19. The second-order valence-corrected chi connectivity index (χ2v) is 8.34. The highest BCUT2D eigenvalue weighted by Gasteiger charge is 2.28. The molecule has 6 nitrogen and oxygen atoms in total. The van der Waals surface area contributed by atoms with Gasteiger partial charge < -0.3 is 10.1 Å². The summed E-state index contributed by atoms with van der Waals surface area (Å²) in [6.07, 6.45) is 4.01. The van der Waals surface area contributed by atoms with E-state index < -0.39 is 16.1 Å². The van der Waals surface area contributed by atoms with Gasteiger partial charge in [0.15, 0.2) is 0 Å². The van der Waals surface area contributed by atoms with Crippen molar-refractivity contribution in [3.63, 3.8) is 0 Å². The summed E-state index contributed by atoms with van der Waals surface area (Å²) in [6.45, 7) is 3.51. The van der Waals surface area contributed by atoms with Gasteiger partial charge in [0.2, 0.25) is 10.0 Å². The van der Waals surface area contributed by atoms with Crippen LogP contribution in [0, 0.1) is 6.92 Å². The lowest BCUT2D eigenvalue weighted by molar-refractivity contribution is -0.124. The third kappa shape index (κ3) is 3.63. The summed E-state index contributed by atoms with van der Waals surface area (Å²) in [7, 11) is -3.52. The maximum Gasteiger partial charge on any atom is 0.253 e. The first-order chi connectivity index (χ1) is 11.5. The fourth-order valence-corrected chi connectivity index (χ4v) is 4.98. The molecule has 2 aliphatic rings. The zero-order valence-corrected chi connectivity index (χ0v) is 14.8. The molecule has 3 rings (SSSR count). The maximum absolute atomic E-state index is 12.9. The van der Waals surface area contributed by atoms with E-state index in [-0.39, 0.29) is 10.8 Å². The van der Waals surface area contributed by atoms with E-state index >= 15 is 0 Å². The van der Waals surface area contributed by atoms with Gasteiger partial charge in [0.05, 0.1) is 4.90 Å². The van der Waals surface area contributed by atoms with E-state index in [2.05, 4.69) is 5.32 Å². The maximum atomic E-state index is 12.9. The van der Waals surface area contributed by atoms with Crippen molar-refractivity contribution in [3.8, 4) is 0 Å². The number of aryl methyl sites for hydroxylation is 1. The number of carbonyl (C=O) groups excluding carboxylic acids is 1. The molecule has 0 aromatic heterocycles. The quantitative estimate of drug-likeness (QED) is 0.902. The summed E-state index contributed by atoms with van der Waals surface area (Å²) in [4.78, 5) is 12.4. The Bertz CT molecular complexity index is 705. The lowest BCUT2D eigenvalue weighted by Gasteiger charge is -2.26. The van der Waals surface area contributed by atoms with Crippen molar-refractivity contribution in [2.75, 3.05) is 25.0 Å². The molecule has 1 N–H and O–H groups in total. The van der Waals surface area contributed by atoms with Gasteiger partial charge in [-0.2, -0.15) is 4.31 Å². The molecule has 24 heavy (non-hydrogen) atoms. The van der Waals surface area contributed by atoms with Crippen molar-refractivity contribution in [1.82, 2.24) is 4.31 Å². The molecule has 2 heterocycles. The molecule has 1 aromatic rings. The molecule has 0 bridgehead atoms. The van der Waals surface area contributed by atoms with Crippen LogP contribution in [0.2, 0.25) is 0 Å². The molecule has 0 spiro atoms. The van der Waals surface area contributed by atoms with E-state index in [4.69, 9.17) is 4.74 Å². The fraction of sp³-hybridized carbons (Fsp3) is 0.588. The highest BCUT2D eigenvalue weighted by molar-refractivity contribution is 7.89. The van der Waals surface area contributed by atoms with Crippen molar-refractivity contribution in [2.45, 2.75) is 50.0 Å². The van der Waals surface area contributed by atoms with Crippen molar-refractivity contribution in [1.29, 1.82) is 0 Å². The second-order valence-electron chi connectivity index (χ2n) is 6.44. The van der Waals surface area contributed by atoms with E-state index in [9.17, 15) is 13.2 Å². The van der Waals surface area contributed by atoms with Gasteiger partial charge in [0.25, 0.3) is 5.91 Å². The topological polar surface area (TPSA) is 75.7 Å². The van der Waals surface area contributed by atoms with E-state index in [1.807, 2.05) is 0 Å². The van der Waals surface area contributed by atoms with Crippen molar-refractivity contribution < 1.29 is 17.9 Å². The first-order valence-electron chi connectivity index (χ1n) is 8.52. The lowest BCUT2D eigenvalue weighted by Crippen LogP contribution is -2.36. The monoisotopic (exact) mass is 352 g/mol. The average Bonchev–Trinajstić information content (AvgIpc) is 3.12. The van der Waals surface area contributed by atoms with Gasteiger partial charge in [-0.25, -0.2) is 8.42 Å². The van der Waals surface area contributed by atoms with Gasteiger partial charge in [0.1, 0.15) is 6.10 Å². The summed E-state index contributed by atoms with van der Waals surface area (Å²) in [5, 5.41) is 2.78. The molecule has 1 aromatic carbocycles. The minimum atomic E-state index is -3.52. The molecule has 0 saturated carbocycles. The van der Waals surface area contributed by atoms with Crippen LogP contribution in [0.1, 0.15) is 37.7 Å². The number of piperidine rings is 1. The number of amides is 1. The van der Waals surface area contributed by atoms with Gasteiger partial charge in [-0.05, 0) is 50.3 Å². The SMILES string of the molecule is Cc1ccc(NC(=O)[C@@H]2CCCO2)cc1S(=O)(=O)N1CCCCC1. The number of ether oxygens (including phenoxy) is 1. The smallest absolute Gasteiger partial charge is 0.253 e. The van der Waals surface area contributed by atoms with Crippen LogP contribution in [0.3, 0.4) is 0 Å². The summed E-state index contributed by atoms with van der Waals surface area (Å²) in [6, 6.07) is 5.03. The Hall–Kier alpha value is -1.44. The summed E-state index contributed by atoms with van der Waals surface area (Å²) in [5.74, 6) is -0.210. The molecule has 1 atom stereocenters. The highest BCUT2D eigenvalue weighted by Crippen LogP contribution is 2.26. The number of carbonyl (C=O) groups is 1. The van der Waals surface area contributed by atoms with Crippen LogP contribution in [0.4, 0.5) is 5.69 Å². The van der Waals surface area contributed by atoms with Crippen molar-refractivity contribution in [2.24, 2.45) is 0 Å².